The van der Waals surface area contributed by atoms with E-state index in [4.69, 9.17) is 0 Å². The minimum Gasteiger partial charge on any atom is -0.294 e. The molecule has 0 aromatic heterocycles. The maximum atomic E-state index is 13.0. The molecule has 0 radical (unpaired) electrons. The average molecular weight is 298 g/mol. The number of allylic oxidation sites excluding steroid dienone is 2. The Balaban J connectivity index is 1.58. The van der Waals surface area contributed by atoms with Crippen LogP contribution in [-0.2, 0) is 9.59 Å². The quantitative estimate of drug-likeness (QED) is 0.631. The highest BCUT2D eigenvalue weighted by molar-refractivity contribution is 6.26. The third kappa shape index (κ3) is 1.62. The number of hydrogen-bond acceptors (Lipinski definition) is 2. The first-order chi connectivity index (χ1) is 10.8. The molecule has 0 amide bonds. The minimum atomic E-state index is 0.188. The summed E-state index contributed by atoms with van der Waals surface area (Å²) in [5.41, 5.74) is 2.12. The van der Waals surface area contributed by atoms with Gasteiger partial charge in [-0.2, -0.15) is 0 Å². The topological polar surface area (TPSA) is 34.1 Å². The van der Waals surface area contributed by atoms with Gasteiger partial charge in [-0.3, -0.25) is 9.59 Å². The van der Waals surface area contributed by atoms with Crippen molar-refractivity contribution in [1.82, 2.24) is 0 Å². The number of carbonyl (C=O) groups is 2. The molecule has 0 saturated heterocycles. The number of carbonyl (C=O) groups excluding carboxylic acids is 2. The maximum absolute atomic E-state index is 13.0. The van der Waals surface area contributed by atoms with E-state index < -0.39 is 0 Å². The highest BCUT2D eigenvalue weighted by Gasteiger charge is 2.58. The van der Waals surface area contributed by atoms with E-state index in [0.717, 1.165) is 30.3 Å². The molecule has 0 aromatic carbocycles. The first-order valence-corrected chi connectivity index (χ1v) is 9.60. The predicted molar refractivity (Wildman–Crippen MR) is 84.2 cm³/mol. The van der Waals surface area contributed by atoms with Gasteiger partial charge in [0.2, 0.25) is 0 Å². The number of rotatable bonds is 0. The Hall–Kier alpha value is -0.920. The van der Waals surface area contributed by atoms with Crippen LogP contribution in [0.15, 0.2) is 11.1 Å². The smallest absolute Gasteiger partial charge is 0.170 e. The molecular formula is C20H26O2. The van der Waals surface area contributed by atoms with Gasteiger partial charge in [-0.1, -0.05) is 32.1 Å². The van der Waals surface area contributed by atoms with Gasteiger partial charge in [0, 0.05) is 11.8 Å². The molecule has 5 aliphatic rings. The summed E-state index contributed by atoms with van der Waals surface area (Å²) in [7, 11) is 0. The summed E-state index contributed by atoms with van der Waals surface area (Å²) in [4.78, 5) is 25.8. The maximum Gasteiger partial charge on any atom is 0.170 e. The van der Waals surface area contributed by atoms with E-state index >= 15 is 0 Å². The van der Waals surface area contributed by atoms with Crippen molar-refractivity contribution in [2.24, 2.45) is 35.5 Å². The molecule has 6 unspecified atom stereocenters. The van der Waals surface area contributed by atoms with Crippen LogP contribution in [0.2, 0.25) is 0 Å². The van der Waals surface area contributed by atoms with Gasteiger partial charge in [0.25, 0.3) is 0 Å². The lowest BCUT2D eigenvalue weighted by Crippen LogP contribution is -2.40. The molecule has 5 rings (SSSR count). The van der Waals surface area contributed by atoms with Crippen molar-refractivity contribution >= 4 is 11.6 Å². The third-order valence-corrected chi connectivity index (χ3v) is 7.69. The van der Waals surface area contributed by atoms with Crippen molar-refractivity contribution in [3.63, 3.8) is 0 Å². The molecule has 6 atom stereocenters. The van der Waals surface area contributed by atoms with Crippen molar-refractivity contribution in [3.8, 4) is 0 Å². The molecule has 2 nitrogen and oxygen atoms in total. The normalized spacial score (nSPS) is 47.1. The van der Waals surface area contributed by atoms with Crippen LogP contribution in [0.1, 0.15) is 64.2 Å². The van der Waals surface area contributed by atoms with Crippen molar-refractivity contribution in [2.75, 3.05) is 0 Å². The molecule has 2 heteroatoms. The minimum absolute atomic E-state index is 0.188. The van der Waals surface area contributed by atoms with Gasteiger partial charge in [-0.15, -0.1) is 0 Å². The van der Waals surface area contributed by atoms with Crippen molar-refractivity contribution < 1.29 is 9.59 Å². The van der Waals surface area contributed by atoms with Crippen molar-refractivity contribution in [2.45, 2.75) is 64.2 Å². The molecule has 0 heterocycles. The molecule has 0 bridgehead atoms. The Morgan fingerprint density at radius 3 is 2.18 bits per heavy atom. The first-order valence-electron chi connectivity index (χ1n) is 9.60. The standard InChI is InChI=1S/C20H26O2/c21-19-14-8-4-3-7-13(14)17-16-12-6-2-1-5-11(12)9-10-15(16)20(22)18(17)19/h11-16H,1-10H2. The van der Waals surface area contributed by atoms with Crippen molar-refractivity contribution in [1.29, 1.82) is 0 Å². The van der Waals surface area contributed by atoms with Gasteiger partial charge in [0.15, 0.2) is 11.6 Å². The lowest BCUT2D eigenvalue weighted by molar-refractivity contribution is -0.127. The zero-order chi connectivity index (χ0) is 14.8. The summed E-state index contributed by atoms with van der Waals surface area (Å²) < 4.78 is 0. The van der Waals surface area contributed by atoms with Gasteiger partial charge < -0.3 is 0 Å². The third-order valence-electron chi connectivity index (χ3n) is 7.69. The second-order valence-electron chi connectivity index (χ2n) is 8.47. The van der Waals surface area contributed by atoms with Crippen LogP contribution in [0.3, 0.4) is 0 Å². The van der Waals surface area contributed by atoms with Gasteiger partial charge >= 0.3 is 0 Å². The molecule has 3 fully saturated rings. The van der Waals surface area contributed by atoms with Crippen LogP contribution in [0.25, 0.3) is 0 Å². The zero-order valence-electron chi connectivity index (χ0n) is 13.4. The fourth-order valence-electron chi connectivity index (χ4n) is 6.87. The van der Waals surface area contributed by atoms with Crippen LogP contribution in [-0.4, -0.2) is 11.6 Å². The molecule has 118 valence electrons. The number of ketones is 2. The molecule has 5 aliphatic carbocycles. The fraction of sp³-hybridized carbons (Fsp3) is 0.800. The summed E-state index contributed by atoms with van der Waals surface area (Å²) in [5, 5.41) is 0. The Morgan fingerprint density at radius 1 is 0.636 bits per heavy atom. The predicted octanol–water partition coefficient (Wildman–Crippen LogP) is 4.09. The van der Waals surface area contributed by atoms with Crippen LogP contribution < -0.4 is 0 Å². The molecule has 0 N–H and O–H groups in total. The first kappa shape index (κ1) is 13.5. The van der Waals surface area contributed by atoms with Gasteiger partial charge in [-0.05, 0) is 61.3 Å². The molecule has 0 aliphatic heterocycles. The summed E-state index contributed by atoms with van der Waals surface area (Å²) in [6, 6.07) is 0. The number of Topliss-reactive ketones (excluding diaryl/α,β-unsaturated/α-hetero) is 2. The summed E-state index contributed by atoms with van der Waals surface area (Å²) in [6.07, 6.45) is 12.3. The van der Waals surface area contributed by atoms with Crippen LogP contribution >= 0.6 is 0 Å². The molecular weight excluding hydrogens is 272 g/mol. The van der Waals surface area contributed by atoms with E-state index in [1.54, 1.807) is 0 Å². The summed E-state index contributed by atoms with van der Waals surface area (Å²) >= 11 is 0. The van der Waals surface area contributed by atoms with E-state index in [0.29, 0.717) is 11.8 Å². The highest BCUT2D eigenvalue weighted by Crippen LogP contribution is 2.60. The fourth-order valence-corrected chi connectivity index (χ4v) is 6.87. The Labute approximate surface area is 132 Å². The van der Waals surface area contributed by atoms with E-state index in [1.807, 2.05) is 0 Å². The lowest BCUT2D eigenvalue weighted by Gasteiger charge is -2.45. The Morgan fingerprint density at radius 2 is 1.32 bits per heavy atom. The Kier molecular flexibility index (Phi) is 2.94. The van der Waals surface area contributed by atoms with Gasteiger partial charge in [-0.25, -0.2) is 0 Å². The van der Waals surface area contributed by atoms with Gasteiger partial charge in [0.1, 0.15) is 0 Å². The number of hydrogen-bond donors (Lipinski definition) is 0. The average Bonchev–Trinajstić information content (AvgIpc) is 3.03. The Bertz CT molecular complexity index is 572. The number of fused-ring (bicyclic) bond motifs is 6. The molecule has 0 spiro atoms. The van der Waals surface area contributed by atoms with Crippen LogP contribution in [0.5, 0.6) is 0 Å². The van der Waals surface area contributed by atoms with Gasteiger partial charge in [0.05, 0.1) is 5.57 Å². The van der Waals surface area contributed by atoms with Crippen LogP contribution in [0.4, 0.5) is 0 Å². The van der Waals surface area contributed by atoms with Crippen molar-refractivity contribution in [3.05, 3.63) is 11.1 Å². The van der Waals surface area contributed by atoms with E-state index in [-0.39, 0.29) is 23.4 Å². The summed E-state index contributed by atoms with van der Waals surface area (Å²) in [5.74, 6) is 3.39. The van der Waals surface area contributed by atoms with E-state index in [1.165, 1.54) is 56.9 Å². The molecule has 0 aromatic rings. The van der Waals surface area contributed by atoms with Crippen LogP contribution in [0, 0.1) is 35.5 Å². The second kappa shape index (κ2) is 4.79. The van der Waals surface area contributed by atoms with E-state index in [2.05, 4.69) is 0 Å². The highest BCUT2D eigenvalue weighted by atomic mass is 16.2. The van der Waals surface area contributed by atoms with E-state index in [9.17, 15) is 9.59 Å². The largest absolute Gasteiger partial charge is 0.294 e. The summed E-state index contributed by atoms with van der Waals surface area (Å²) in [6.45, 7) is 0. The second-order valence-corrected chi connectivity index (χ2v) is 8.47. The monoisotopic (exact) mass is 298 g/mol. The molecule has 3 saturated carbocycles. The molecule has 22 heavy (non-hydrogen) atoms. The lowest BCUT2D eigenvalue weighted by atomic mass is 9.58. The SMILES string of the molecule is O=C1C2=C(C3CCCCC13)C1C(CCC3CCCCC31)C2=O. The zero-order valence-corrected chi connectivity index (χ0v) is 13.4.